The average molecular weight is 192 g/mol. The molecule has 4 nitrogen and oxygen atoms in total. The zero-order valence-electron chi connectivity index (χ0n) is 7.18. The minimum absolute atomic E-state index is 0.224. The van der Waals surface area contributed by atoms with E-state index < -0.39 is 11.9 Å². The summed E-state index contributed by atoms with van der Waals surface area (Å²) >= 11 is 0. The summed E-state index contributed by atoms with van der Waals surface area (Å²) < 4.78 is 0. The lowest BCUT2D eigenvalue weighted by molar-refractivity contribution is -0.135. The molecule has 1 aliphatic rings. The van der Waals surface area contributed by atoms with Gasteiger partial charge in [0, 0.05) is 0 Å². The van der Waals surface area contributed by atoms with Crippen molar-refractivity contribution in [1.29, 1.82) is 0 Å². The molecule has 1 rings (SSSR count). The van der Waals surface area contributed by atoms with Gasteiger partial charge >= 0.3 is 11.9 Å². The van der Waals surface area contributed by atoms with Crippen LogP contribution in [-0.4, -0.2) is 22.2 Å². The van der Waals surface area contributed by atoms with Crippen LogP contribution in [0, 0.1) is 0 Å². The highest BCUT2D eigenvalue weighted by molar-refractivity contribution is 6.02. The van der Waals surface area contributed by atoms with Gasteiger partial charge in [-0.15, -0.1) is 0 Å². The summed E-state index contributed by atoms with van der Waals surface area (Å²) in [6.45, 7) is 0. The maximum Gasteiger partial charge on any atom is 0.336 e. The number of allylic oxidation sites excluding steroid dienone is 4. The Bertz CT molecular complexity index is 347. The summed E-state index contributed by atoms with van der Waals surface area (Å²) in [6, 6.07) is 0. The molecule has 0 heterocycles. The maximum atomic E-state index is 10.7. The first kappa shape index (κ1) is 9.98. The zero-order valence-corrected chi connectivity index (χ0v) is 7.18. The first-order chi connectivity index (χ1) is 6.63. The van der Waals surface area contributed by atoms with Crippen LogP contribution in [0.2, 0.25) is 0 Å². The Morgan fingerprint density at radius 3 is 1.43 bits per heavy atom. The van der Waals surface area contributed by atoms with Crippen LogP contribution in [0.25, 0.3) is 0 Å². The third kappa shape index (κ3) is 2.20. The van der Waals surface area contributed by atoms with Gasteiger partial charge in [0.2, 0.25) is 0 Å². The van der Waals surface area contributed by atoms with E-state index in [0.717, 1.165) is 0 Å². The molecule has 0 saturated carbocycles. The van der Waals surface area contributed by atoms with E-state index in [1.165, 1.54) is 24.3 Å². The Morgan fingerprint density at radius 2 is 1.14 bits per heavy atom. The van der Waals surface area contributed by atoms with Crippen LogP contribution in [0.1, 0.15) is 0 Å². The van der Waals surface area contributed by atoms with Gasteiger partial charge < -0.3 is 10.2 Å². The van der Waals surface area contributed by atoms with Gasteiger partial charge in [0.15, 0.2) is 0 Å². The second-order valence-corrected chi connectivity index (χ2v) is 2.54. The summed E-state index contributed by atoms with van der Waals surface area (Å²) in [5.74, 6) is -2.50. The van der Waals surface area contributed by atoms with Gasteiger partial charge in [0.05, 0.1) is 11.1 Å². The lowest BCUT2D eigenvalue weighted by Crippen LogP contribution is -2.08. The Kier molecular flexibility index (Phi) is 3.01. The molecule has 4 heteroatoms. The number of carboxylic acids is 2. The highest BCUT2D eigenvalue weighted by atomic mass is 16.4. The lowest BCUT2D eigenvalue weighted by atomic mass is 10.1. The molecule has 72 valence electrons. The molecule has 1 aliphatic carbocycles. The van der Waals surface area contributed by atoms with Crippen molar-refractivity contribution >= 4 is 11.9 Å². The summed E-state index contributed by atoms with van der Waals surface area (Å²) in [5.41, 5.74) is -0.448. The fourth-order valence-corrected chi connectivity index (χ4v) is 0.984. The predicted octanol–water partition coefficient (Wildman–Crippen LogP) is 1.13. The quantitative estimate of drug-likeness (QED) is 0.687. The van der Waals surface area contributed by atoms with Crippen LogP contribution in [0.15, 0.2) is 47.6 Å². The van der Waals surface area contributed by atoms with Crippen LogP contribution < -0.4 is 0 Å². The van der Waals surface area contributed by atoms with Gasteiger partial charge in [-0.05, 0) is 12.2 Å². The van der Waals surface area contributed by atoms with Crippen molar-refractivity contribution in [3.8, 4) is 0 Å². The Morgan fingerprint density at radius 1 is 0.786 bits per heavy atom. The SMILES string of the molecule is O=C(O)C1=C(C(=O)O)C=CC=CC=C1. The highest BCUT2D eigenvalue weighted by Crippen LogP contribution is 2.11. The summed E-state index contributed by atoms with van der Waals surface area (Å²) in [5, 5.41) is 17.5. The first-order valence-electron chi connectivity index (χ1n) is 3.85. The highest BCUT2D eigenvalue weighted by Gasteiger charge is 2.15. The van der Waals surface area contributed by atoms with Crippen molar-refractivity contribution in [2.75, 3.05) is 0 Å². The minimum Gasteiger partial charge on any atom is -0.478 e. The molecule has 0 aromatic heterocycles. The fraction of sp³-hybridized carbons (Fsp3) is 0. The van der Waals surface area contributed by atoms with E-state index in [9.17, 15) is 9.59 Å². The molecule has 0 aromatic carbocycles. The Labute approximate surface area is 80.2 Å². The molecule has 0 spiro atoms. The van der Waals surface area contributed by atoms with Crippen molar-refractivity contribution < 1.29 is 19.8 Å². The molecule has 2 N–H and O–H groups in total. The van der Waals surface area contributed by atoms with Gasteiger partial charge in [0.1, 0.15) is 0 Å². The summed E-state index contributed by atoms with van der Waals surface area (Å²) in [6.07, 6.45) is 8.72. The van der Waals surface area contributed by atoms with Crippen LogP contribution in [0.3, 0.4) is 0 Å². The number of hydrogen-bond donors (Lipinski definition) is 2. The molecule has 0 aromatic rings. The smallest absolute Gasteiger partial charge is 0.336 e. The van der Waals surface area contributed by atoms with E-state index in [2.05, 4.69) is 0 Å². The zero-order chi connectivity index (χ0) is 10.6. The van der Waals surface area contributed by atoms with Crippen LogP contribution in [-0.2, 0) is 9.59 Å². The van der Waals surface area contributed by atoms with Gasteiger partial charge in [-0.3, -0.25) is 0 Å². The van der Waals surface area contributed by atoms with Gasteiger partial charge in [-0.2, -0.15) is 0 Å². The van der Waals surface area contributed by atoms with E-state index in [4.69, 9.17) is 10.2 Å². The predicted molar refractivity (Wildman–Crippen MR) is 49.7 cm³/mol. The second-order valence-electron chi connectivity index (χ2n) is 2.54. The average Bonchev–Trinajstić information content (AvgIpc) is 2.01. The number of carbonyl (C=O) groups is 2. The van der Waals surface area contributed by atoms with Gasteiger partial charge in [-0.25, -0.2) is 9.59 Å². The lowest BCUT2D eigenvalue weighted by Gasteiger charge is -2.00. The van der Waals surface area contributed by atoms with Crippen LogP contribution in [0.4, 0.5) is 0 Å². The van der Waals surface area contributed by atoms with Crippen LogP contribution >= 0.6 is 0 Å². The molecular weight excluding hydrogens is 184 g/mol. The van der Waals surface area contributed by atoms with Crippen molar-refractivity contribution in [2.45, 2.75) is 0 Å². The molecule has 0 bridgehead atoms. The van der Waals surface area contributed by atoms with E-state index in [1.807, 2.05) is 0 Å². The monoisotopic (exact) mass is 192 g/mol. The van der Waals surface area contributed by atoms with E-state index >= 15 is 0 Å². The van der Waals surface area contributed by atoms with Crippen LogP contribution in [0.5, 0.6) is 0 Å². The summed E-state index contributed by atoms with van der Waals surface area (Å²) in [4.78, 5) is 21.4. The van der Waals surface area contributed by atoms with E-state index in [0.29, 0.717) is 0 Å². The third-order valence-corrected chi connectivity index (χ3v) is 1.61. The molecule has 0 amide bonds. The summed E-state index contributed by atoms with van der Waals surface area (Å²) in [7, 11) is 0. The fourth-order valence-electron chi connectivity index (χ4n) is 0.984. The van der Waals surface area contributed by atoms with E-state index in [1.54, 1.807) is 12.2 Å². The number of hydrogen-bond acceptors (Lipinski definition) is 2. The third-order valence-electron chi connectivity index (χ3n) is 1.61. The van der Waals surface area contributed by atoms with Crippen molar-refractivity contribution in [1.82, 2.24) is 0 Å². The molecular formula is C10H8O4. The van der Waals surface area contributed by atoms with Crippen molar-refractivity contribution in [3.05, 3.63) is 47.6 Å². The minimum atomic E-state index is -1.25. The first-order valence-corrected chi connectivity index (χ1v) is 3.85. The largest absolute Gasteiger partial charge is 0.478 e. The molecule has 0 radical (unpaired) electrons. The molecule has 0 saturated heterocycles. The molecule has 0 atom stereocenters. The molecule has 0 aliphatic heterocycles. The standard InChI is InChI=1S/C10H8O4/c11-9(12)7-5-3-1-2-4-6-8(7)10(13)14/h1-6H,(H,11,12)(H,13,14). The van der Waals surface area contributed by atoms with E-state index in [-0.39, 0.29) is 11.1 Å². The van der Waals surface area contributed by atoms with Crippen molar-refractivity contribution in [2.24, 2.45) is 0 Å². The number of aliphatic carboxylic acids is 2. The topological polar surface area (TPSA) is 74.6 Å². The molecule has 0 fully saturated rings. The molecule has 14 heavy (non-hydrogen) atoms. The molecule has 0 unspecified atom stereocenters. The number of carboxylic acid groups (broad SMARTS) is 2. The second kappa shape index (κ2) is 4.23. The normalized spacial score (nSPS) is 15.1. The number of rotatable bonds is 2. The maximum absolute atomic E-state index is 10.7. The van der Waals surface area contributed by atoms with Gasteiger partial charge in [-0.1, -0.05) is 24.3 Å². The van der Waals surface area contributed by atoms with Crippen molar-refractivity contribution in [3.63, 3.8) is 0 Å². The Balaban J connectivity index is 3.27. The van der Waals surface area contributed by atoms with Gasteiger partial charge in [0.25, 0.3) is 0 Å². The Hall–Kier alpha value is -2.10.